The van der Waals surface area contributed by atoms with Crippen LogP contribution in [-0.2, 0) is 15.7 Å². The average molecular weight is 203 g/mol. The van der Waals surface area contributed by atoms with Gasteiger partial charge in [0.15, 0.2) is 0 Å². The summed E-state index contributed by atoms with van der Waals surface area (Å²) >= 11 is 0. The van der Waals surface area contributed by atoms with Crippen LogP contribution in [-0.4, -0.2) is 38.6 Å². The minimum absolute atomic E-state index is 0.0764. The summed E-state index contributed by atoms with van der Waals surface area (Å²) in [7, 11) is -0.783. The summed E-state index contributed by atoms with van der Waals surface area (Å²) in [5.74, 6) is 0.819. The highest BCUT2D eigenvalue weighted by Gasteiger charge is 2.57. The maximum Gasteiger partial charge on any atom is 0.107 e. The summed E-state index contributed by atoms with van der Waals surface area (Å²) in [6.45, 7) is 8.10. The van der Waals surface area contributed by atoms with E-state index in [1.54, 1.807) is 0 Å². The van der Waals surface area contributed by atoms with E-state index in [2.05, 4.69) is 25.1 Å². The summed E-state index contributed by atoms with van der Waals surface area (Å²) < 4.78 is 19.2. The molecular weight excluding hydrogens is 186 g/mol. The quantitative estimate of drug-likeness (QED) is 0.625. The molecule has 0 aromatic rings. The Morgan fingerprint density at radius 1 is 1.54 bits per heavy atom. The Morgan fingerprint density at radius 3 is 2.54 bits per heavy atom. The van der Waals surface area contributed by atoms with Gasteiger partial charge < -0.3 is 4.74 Å². The fourth-order valence-electron chi connectivity index (χ4n) is 1.80. The standard InChI is InChI=1S/C9H17NO2S/c1-8(2,9(3)7-12-9)10-5-4-6-13(10)11/h4-7H2,1-3H3. The van der Waals surface area contributed by atoms with Crippen LogP contribution < -0.4 is 0 Å². The Kier molecular flexibility index (Phi) is 2.06. The van der Waals surface area contributed by atoms with Crippen LogP contribution in [0.4, 0.5) is 0 Å². The molecule has 2 rings (SSSR count). The van der Waals surface area contributed by atoms with Crippen LogP contribution in [0.25, 0.3) is 0 Å². The number of nitrogens with zero attached hydrogens (tertiary/aromatic N) is 1. The Bertz CT molecular complexity index is 248. The second-order valence-electron chi connectivity index (χ2n) is 4.56. The van der Waals surface area contributed by atoms with E-state index < -0.39 is 11.0 Å². The van der Waals surface area contributed by atoms with Crippen molar-refractivity contribution in [3.63, 3.8) is 0 Å². The Labute approximate surface area is 82.0 Å². The molecule has 2 saturated heterocycles. The van der Waals surface area contributed by atoms with E-state index in [9.17, 15) is 4.21 Å². The van der Waals surface area contributed by atoms with Crippen molar-refractivity contribution in [1.82, 2.24) is 4.31 Å². The Morgan fingerprint density at radius 2 is 2.15 bits per heavy atom. The molecule has 0 bridgehead atoms. The molecule has 2 aliphatic heterocycles. The number of ether oxygens (including phenoxy) is 1. The lowest BCUT2D eigenvalue weighted by Gasteiger charge is -2.37. The monoisotopic (exact) mass is 203 g/mol. The van der Waals surface area contributed by atoms with Crippen molar-refractivity contribution in [3.8, 4) is 0 Å². The summed E-state index contributed by atoms with van der Waals surface area (Å²) in [4.78, 5) is 0. The van der Waals surface area contributed by atoms with Crippen LogP contribution in [0.1, 0.15) is 27.2 Å². The minimum atomic E-state index is -0.783. The van der Waals surface area contributed by atoms with Gasteiger partial charge in [0.05, 0.1) is 23.1 Å². The molecule has 76 valence electrons. The molecule has 0 aliphatic carbocycles. The van der Waals surface area contributed by atoms with E-state index in [0.29, 0.717) is 0 Å². The molecule has 0 amide bonds. The Balaban J connectivity index is 2.18. The van der Waals surface area contributed by atoms with Crippen molar-refractivity contribution in [2.24, 2.45) is 0 Å². The first-order valence-corrected chi connectivity index (χ1v) is 6.05. The molecule has 2 fully saturated rings. The average Bonchev–Trinajstić information content (AvgIpc) is 2.63. The number of hydrogen-bond acceptors (Lipinski definition) is 2. The zero-order chi connectivity index (χ0) is 9.69. The summed E-state index contributed by atoms with van der Waals surface area (Å²) in [6.07, 6.45) is 1.05. The Hall–Kier alpha value is 0.0700. The smallest absolute Gasteiger partial charge is 0.107 e. The molecule has 0 aromatic carbocycles. The van der Waals surface area contributed by atoms with Gasteiger partial charge in [0, 0.05) is 12.3 Å². The third kappa shape index (κ3) is 1.35. The number of rotatable bonds is 2. The molecule has 4 heteroatoms. The molecule has 0 aromatic heterocycles. The van der Waals surface area contributed by atoms with Crippen LogP contribution in [0.15, 0.2) is 0 Å². The SMILES string of the molecule is CC1(C(C)(C)N2CCCS2=O)CO1. The number of epoxide rings is 1. The van der Waals surface area contributed by atoms with E-state index in [-0.39, 0.29) is 11.1 Å². The fraction of sp³-hybridized carbons (Fsp3) is 1.00. The molecule has 13 heavy (non-hydrogen) atoms. The molecule has 0 spiro atoms. The third-order valence-corrected chi connectivity index (χ3v) is 5.19. The van der Waals surface area contributed by atoms with Crippen LogP contribution in [0.2, 0.25) is 0 Å². The van der Waals surface area contributed by atoms with E-state index in [0.717, 1.165) is 25.3 Å². The van der Waals surface area contributed by atoms with Gasteiger partial charge in [0.1, 0.15) is 5.60 Å². The van der Waals surface area contributed by atoms with Gasteiger partial charge >= 0.3 is 0 Å². The van der Waals surface area contributed by atoms with Crippen LogP contribution >= 0.6 is 0 Å². The first-order valence-electron chi connectivity index (χ1n) is 4.77. The lowest BCUT2D eigenvalue weighted by molar-refractivity contribution is 0.123. The zero-order valence-electron chi connectivity index (χ0n) is 8.50. The molecule has 0 radical (unpaired) electrons. The van der Waals surface area contributed by atoms with Crippen LogP contribution in [0, 0.1) is 0 Å². The minimum Gasteiger partial charge on any atom is -0.368 e. The molecule has 2 aliphatic rings. The lowest BCUT2D eigenvalue weighted by Crippen LogP contribution is -2.52. The highest BCUT2D eigenvalue weighted by molar-refractivity contribution is 7.82. The summed E-state index contributed by atoms with van der Waals surface area (Å²) in [5, 5.41) is 0. The first-order chi connectivity index (χ1) is 5.97. The van der Waals surface area contributed by atoms with Gasteiger partial charge in [0.25, 0.3) is 0 Å². The molecule has 0 saturated carbocycles. The van der Waals surface area contributed by atoms with Gasteiger partial charge in [-0.1, -0.05) is 0 Å². The second-order valence-corrected chi connectivity index (χ2v) is 6.05. The predicted octanol–water partition coefficient (Wildman–Crippen LogP) is 0.923. The van der Waals surface area contributed by atoms with Gasteiger partial charge in [-0.15, -0.1) is 0 Å². The molecule has 0 N–H and O–H groups in total. The van der Waals surface area contributed by atoms with E-state index in [4.69, 9.17) is 4.74 Å². The van der Waals surface area contributed by atoms with Crippen molar-refractivity contribution >= 4 is 11.0 Å². The maximum atomic E-state index is 11.7. The topological polar surface area (TPSA) is 32.8 Å². The third-order valence-electron chi connectivity index (χ3n) is 3.42. The van der Waals surface area contributed by atoms with Crippen LogP contribution in [0.3, 0.4) is 0 Å². The largest absolute Gasteiger partial charge is 0.368 e. The zero-order valence-corrected chi connectivity index (χ0v) is 9.32. The first kappa shape index (κ1) is 9.62. The lowest BCUT2D eigenvalue weighted by atomic mass is 9.89. The predicted molar refractivity (Wildman–Crippen MR) is 52.8 cm³/mol. The van der Waals surface area contributed by atoms with Gasteiger partial charge in [0.2, 0.25) is 0 Å². The van der Waals surface area contributed by atoms with Crippen molar-refractivity contribution in [1.29, 1.82) is 0 Å². The normalized spacial score (nSPS) is 41.0. The molecule has 2 atom stereocenters. The highest BCUT2D eigenvalue weighted by atomic mass is 32.2. The summed E-state index contributed by atoms with van der Waals surface area (Å²) in [5.41, 5.74) is -0.165. The van der Waals surface area contributed by atoms with Crippen molar-refractivity contribution < 1.29 is 8.95 Å². The van der Waals surface area contributed by atoms with Crippen LogP contribution in [0.5, 0.6) is 0 Å². The van der Waals surface area contributed by atoms with Crippen molar-refractivity contribution in [3.05, 3.63) is 0 Å². The fourth-order valence-corrected chi connectivity index (χ4v) is 3.43. The maximum absolute atomic E-state index is 11.7. The highest BCUT2D eigenvalue weighted by Crippen LogP contribution is 2.43. The van der Waals surface area contributed by atoms with Crippen molar-refractivity contribution in [2.45, 2.75) is 38.3 Å². The van der Waals surface area contributed by atoms with Gasteiger partial charge in [-0.25, -0.2) is 8.51 Å². The van der Waals surface area contributed by atoms with E-state index >= 15 is 0 Å². The van der Waals surface area contributed by atoms with Crippen molar-refractivity contribution in [2.75, 3.05) is 18.9 Å². The van der Waals surface area contributed by atoms with Gasteiger partial charge in [-0.3, -0.25) is 0 Å². The molecular formula is C9H17NO2S. The van der Waals surface area contributed by atoms with Gasteiger partial charge in [-0.2, -0.15) is 0 Å². The van der Waals surface area contributed by atoms with E-state index in [1.807, 2.05) is 0 Å². The second kappa shape index (κ2) is 2.78. The van der Waals surface area contributed by atoms with Gasteiger partial charge in [-0.05, 0) is 27.2 Å². The molecule has 2 heterocycles. The van der Waals surface area contributed by atoms with E-state index in [1.165, 1.54) is 0 Å². The molecule has 2 unspecified atom stereocenters. The molecule has 3 nitrogen and oxygen atoms in total. The number of hydrogen-bond donors (Lipinski definition) is 0. The summed E-state index contributed by atoms with van der Waals surface area (Å²) in [6, 6.07) is 0.